The van der Waals surface area contributed by atoms with Crippen LogP contribution in [0.4, 0.5) is 4.39 Å². The molecule has 3 rings (SSSR count). The molecule has 6 heteroatoms. The zero-order valence-corrected chi connectivity index (χ0v) is 11.3. The van der Waals surface area contributed by atoms with E-state index < -0.39 is 5.97 Å². The number of aromatic amines is 1. The van der Waals surface area contributed by atoms with Crippen molar-refractivity contribution in [2.75, 3.05) is 6.61 Å². The van der Waals surface area contributed by atoms with E-state index >= 15 is 0 Å². The van der Waals surface area contributed by atoms with E-state index in [1.807, 2.05) is 0 Å². The molecule has 5 nitrogen and oxygen atoms in total. The van der Waals surface area contributed by atoms with Crippen molar-refractivity contribution in [3.63, 3.8) is 0 Å². The third-order valence-electron chi connectivity index (χ3n) is 3.14. The standard InChI is InChI=1S/C15H12FN3O2/c1-2-21-15(20)14-13(17-19-18-14)11-7-3-6-10-9(11)5-4-8-12(10)16/h3-8H,2H2,1H3,(H,17,18,19). The minimum absolute atomic E-state index is 0.0913. The molecule has 0 unspecified atom stereocenters. The molecule has 0 aliphatic rings. The van der Waals surface area contributed by atoms with Gasteiger partial charge in [-0.2, -0.15) is 10.3 Å². The van der Waals surface area contributed by atoms with Crippen molar-refractivity contribution in [1.82, 2.24) is 15.4 Å². The molecule has 21 heavy (non-hydrogen) atoms. The van der Waals surface area contributed by atoms with E-state index in [2.05, 4.69) is 15.4 Å². The molecule has 0 radical (unpaired) electrons. The molecule has 0 saturated carbocycles. The number of halogens is 1. The summed E-state index contributed by atoms with van der Waals surface area (Å²) in [6, 6.07) is 9.94. The van der Waals surface area contributed by atoms with E-state index in [0.717, 1.165) is 0 Å². The second-order valence-electron chi connectivity index (χ2n) is 4.38. The minimum atomic E-state index is -0.561. The van der Waals surface area contributed by atoms with Gasteiger partial charge < -0.3 is 4.74 Å². The fraction of sp³-hybridized carbons (Fsp3) is 0.133. The van der Waals surface area contributed by atoms with Gasteiger partial charge in [-0.15, -0.1) is 5.10 Å². The van der Waals surface area contributed by atoms with Crippen LogP contribution in [0.25, 0.3) is 22.0 Å². The highest BCUT2D eigenvalue weighted by Gasteiger charge is 2.20. The highest BCUT2D eigenvalue weighted by molar-refractivity contribution is 6.01. The van der Waals surface area contributed by atoms with Crippen LogP contribution in [0.1, 0.15) is 17.4 Å². The van der Waals surface area contributed by atoms with Gasteiger partial charge >= 0.3 is 5.97 Å². The molecule has 0 amide bonds. The molecule has 1 N–H and O–H groups in total. The van der Waals surface area contributed by atoms with Gasteiger partial charge in [0.25, 0.3) is 0 Å². The number of rotatable bonds is 3. The minimum Gasteiger partial charge on any atom is -0.461 e. The first kappa shape index (κ1) is 13.2. The van der Waals surface area contributed by atoms with Crippen LogP contribution in [0.3, 0.4) is 0 Å². The molecular formula is C15H12FN3O2. The molecule has 0 saturated heterocycles. The van der Waals surface area contributed by atoms with Crippen LogP contribution in [0.5, 0.6) is 0 Å². The highest BCUT2D eigenvalue weighted by Crippen LogP contribution is 2.30. The molecule has 1 aromatic heterocycles. The van der Waals surface area contributed by atoms with Crippen LogP contribution < -0.4 is 0 Å². The molecule has 0 atom stereocenters. The quantitative estimate of drug-likeness (QED) is 0.751. The van der Waals surface area contributed by atoms with Gasteiger partial charge in [-0.3, -0.25) is 0 Å². The van der Waals surface area contributed by atoms with Crippen LogP contribution in [0.15, 0.2) is 36.4 Å². The smallest absolute Gasteiger partial charge is 0.361 e. The number of hydrogen-bond donors (Lipinski definition) is 1. The highest BCUT2D eigenvalue weighted by atomic mass is 19.1. The monoisotopic (exact) mass is 285 g/mol. The summed E-state index contributed by atoms with van der Waals surface area (Å²) >= 11 is 0. The Hall–Kier alpha value is -2.76. The van der Waals surface area contributed by atoms with E-state index in [9.17, 15) is 9.18 Å². The SMILES string of the molecule is CCOC(=O)c1n[nH]nc1-c1cccc2c(F)cccc12. The summed E-state index contributed by atoms with van der Waals surface area (Å²) in [5, 5.41) is 11.4. The van der Waals surface area contributed by atoms with Crippen molar-refractivity contribution in [1.29, 1.82) is 0 Å². The number of H-pyrrole nitrogens is 1. The average molecular weight is 285 g/mol. The molecule has 0 spiro atoms. The summed E-state index contributed by atoms with van der Waals surface area (Å²) in [6.07, 6.45) is 0. The number of carbonyl (C=O) groups is 1. The summed E-state index contributed by atoms with van der Waals surface area (Å²) in [6.45, 7) is 1.96. The molecule has 0 bridgehead atoms. The Morgan fingerprint density at radius 3 is 2.76 bits per heavy atom. The second-order valence-corrected chi connectivity index (χ2v) is 4.38. The van der Waals surface area contributed by atoms with E-state index in [1.54, 1.807) is 37.3 Å². The first-order valence-corrected chi connectivity index (χ1v) is 6.48. The molecule has 2 aromatic carbocycles. The first-order chi connectivity index (χ1) is 10.2. The predicted molar refractivity (Wildman–Crippen MR) is 75.2 cm³/mol. The number of esters is 1. The zero-order valence-electron chi connectivity index (χ0n) is 11.3. The maximum Gasteiger partial charge on any atom is 0.361 e. The second kappa shape index (κ2) is 5.32. The number of fused-ring (bicyclic) bond motifs is 1. The van der Waals surface area contributed by atoms with Crippen molar-refractivity contribution >= 4 is 16.7 Å². The number of ether oxygens (including phenoxy) is 1. The Morgan fingerprint density at radius 1 is 1.19 bits per heavy atom. The van der Waals surface area contributed by atoms with Gasteiger partial charge in [-0.25, -0.2) is 9.18 Å². The van der Waals surface area contributed by atoms with Crippen molar-refractivity contribution in [2.24, 2.45) is 0 Å². The fourth-order valence-corrected chi connectivity index (χ4v) is 2.24. The van der Waals surface area contributed by atoms with Crippen molar-refractivity contribution in [3.8, 4) is 11.3 Å². The van der Waals surface area contributed by atoms with Gasteiger partial charge in [0.2, 0.25) is 0 Å². The average Bonchev–Trinajstić information content (AvgIpc) is 2.97. The molecule has 0 aliphatic heterocycles. The number of aromatic nitrogens is 3. The largest absolute Gasteiger partial charge is 0.461 e. The maximum atomic E-state index is 13.9. The third-order valence-corrected chi connectivity index (χ3v) is 3.14. The van der Waals surface area contributed by atoms with E-state index in [-0.39, 0.29) is 18.1 Å². The predicted octanol–water partition coefficient (Wildman–Crippen LogP) is 2.94. The maximum absolute atomic E-state index is 13.9. The van der Waals surface area contributed by atoms with Gasteiger partial charge in [0, 0.05) is 10.9 Å². The van der Waals surface area contributed by atoms with Crippen molar-refractivity contribution < 1.29 is 13.9 Å². The summed E-state index contributed by atoms with van der Waals surface area (Å²) < 4.78 is 18.8. The van der Waals surface area contributed by atoms with Crippen LogP contribution in [-0.4, -0.2) is 28.0 Å². The number of nitrogens with one attached hydrogen (secondary N) is 1. The number of benzene rings is 2. The third kappa shape index (κ3) is 2.24. The lowest BCUT2D eigenvalue weighted by molar-refractivity contribution is 0.0520. The molecule has 3 aromatic rings. The van der Waals surface area contributed by atoms with E-state index in [4.69, 9.17) is 4.74 Å². The van der Waals surface area contributed by atoms with Crippen molar-refractivity contribution in [2.45, 2.75) is 6.92 Å². The Bertz CT molecular complexity index is 814. The molecule has 0 fully saturated rings. The Morgan fingerprint density at radius 2 is 1.95 bits per heavy atom. The van der Waals surface area contributed by atoms with E-state index in [1.165, 1.54) is 6.07 Å². The molecular weight excluding hydrogens is 273 g/mol. The molecule has 0 aliphatic carbocycles. The molecule has 106 valence electrons. The van der Waals surface area contributed by atoms with E-state index in [0.29, 0.717) is 22.0 Å². The fourth-order valence-electron chi connectivity index (χ4n) is 2.24. The Kier molecular flexibility index (Phi) is 3.35. The Balaban J connectivity index is 2.20. The van der Waals surface area contributed by atoms with Gasteiger partial charge in [0.05, 0.1) is 6.61 Å². The number of nitrogens with zero attached hydrogens (tertiary/aromatic N) is 2. The summed E-state index contributed by atoms with van der Waals surface area (Å²) in [5.74, 6) is -0.884. The van der Waals surface area contributed by atoms with Gasteiger partial charge in [0.15, 0.2) is 5.69 Å². The van der Waals surface area contributed by atoms with Crippen molar-refractivity contribution in [3.05, 3.63) is 47.9 Å². The number of carbonyl (C=O) groups excluding carboxylic acids is 1. The summed E-state index contributed by atoms with van der Waals surface area (Å²) in [5.41, 5.74) is 1.07. The van der Waals surface area contributed by atoms with Crippen LogP contribution >= 0.6 is 0 Å². The van der Waals surface area contributed by atoms with Crippen LogP contribution in [-0.2, 0) is 4.74 Å². The summed E-state index contributed by atoms with van der Waals surface area (Å²) in [4.78, 5) is 11.9. The van der Waals surface area contributed by atoms with Gasteiger partial charge in [0.1, 0.15) is 11.5 Å². The van der Waals surface area contributed by atoms with Gasteiger partial charge in [-0.05, 0) is 18.4 Å². The van der Waals surface area contributed by atoms with Gasteiger partial charge in [-0.1, -0.05) is 30.3 Å². The Labute approximate surface area is 119 Å². The van der Waals surface area contributed by atoms with Crippen LogP contribution in [0, 0.1) is 5.82 Å². The lowest BCUT2D eigenvalue weighted by Crippen LogP contribution is -2.06. The lowest BCUT2D eigenvalue weighted by Gasteiger charge is -2.06. The van der Waals surface area contributed by atoms with Crippen LogP contribution in [0.2, 0.25) is 0 Å². The first-order valence-electron chi connectivity index (χ1n) is 6.48. The zero-order chi connectivity index (χ0) is 14.8. The topological polar surface area (TPSA) is 67.9 Å². The molecule has 1 heterocycles. The normalized spacial score (nSPS) is 10.8. The number of hydrogen-bond acceptors (Lipinski definition) is 4. The summed E-state index contributed by atoms with van der Waals surface area (Å²) in [7, 11) is 0. The lowest BCUT2D eigenvalue weighted by atomic mass is 10.0.